The number of aromatic nitrogens is 1. The van der Waals surface area contributed by atoms with E-state index in [0.29, 0.717) is 24.6 Å². The van der Waals surface area contributed by atoms with Crippen LogP contribution in [0.5, 0.6) is 5.75 Å². The maximum Gasteiger partial charge on any atom is 0.265 e. The SMILES string of the molecule is CCN(c1ccccc1)S(=O)(=O)c1ccc(NC[C@@H](c2ccccc2OC)N2CCCC2)nc1. The van der Waals surface area contributed by atoms with Gasteiger partial charge in [-0.3, -0.25) is 9.21 Å². The molecule has 0 saturated carbocycles. The van der Waals surface area contributed by atoms with Crippen LogP contribution in [0.15, 0.2) is 77.8 Å². The van der Waals surface area contributed by atoms with Gasteiger partial charge >= 0.3 is 0 Å². The van der Waals surface area contributed by atoms with E-state index in [1.54, 1.807) is 31.4 Å². The standard InChI is InChI=1S/C26H32N4O3S/c1-3-30(21-11-5-4-6-12-21)34(31,32)22-15-16-26(27-19-22)28-20-24(29-17-9-10-18-29)23-13-7-8-14-25(23)33-2/h4-8,11-16,19,24H,3,9-10,17-18,20H2,1-2H3,(H,27,28)/t24-/m0/s1. The predicted octanol–water partition coefficient (Wildman–Crippen LogP) is 4.55. The molecule has 0 bridgehead atoms. The van der Waals surface area contributed by atoms with Crippen LogP contribution in [-0.2, 0) is 10.0 Å². The van der Waals surface area contributed by atoms with Crippen molar-refractivity contribution in [3.63, 3.8) is 0 Å². The number of nitrogens with zero attached hydrogens (tertiary/aromatic N) is 3. The van der Waals surface area contributed by atoms with Crippen molar-refractivity contribution in [3.8, 4) is 5.75 Å². The minimum Gasteiger partial charge on any atom is -0.496 e. The first-order chi connectivity index (χ1) is 16.5. The number of anilines is 2. The fourth-order valence-corrected chi connectivity index (χ4v) is 5.90. The van der Waals surface area contributed by atoms with Gasteiger partial charge in [0.05, 0.1) is 18.8 Å². The summed E-state index contributed by atoms with van der Waals surface area (Å²) in [5, 5.41) is 3.41. The summed E-state index contributed by atoms with van der Waals surface area (Å²) < 4.78 is 33.4. The molecule has 1 atom stereocenters. The first kappa shape index (κ1) is 24.0. The average molecular weight is 481 g/mol. The molecule has 7 nitrogen and oxygen atoms in total. The molecule has 1 N–H and O–H groups in total. The highest BCUT2D eigenvalue weighted by atomic mass is 32.2. The van der Waals surface area contributed by atoms with Gasteiger partial charge in [-0.15, -0.1) is 0 Å². The van der Waals surface area contributed by atoms with Gasteiger partial charge in [-0.1, -0.05) is 36.4 Å². The van der Waals surface area contributed by atoms with Gasteiger partial charge in [0.2, 0.25) is 0 Å². The third kappa shape index (κ3) is 5.18. The summed E-state index contributed by atoms with van der Waals surface area (Å²) in [6, 6.07) is 20.7. The van der Waals surface area contributed by atoms with Crippen LogP contribution in [0.1, 0.15) is 31.4 Å². The molecule has 0 aliphatic carbocycles. The molecule has 1 aromatic heterocycles. The number of rotatable bonds is 10. The Labute approximate surface area is 202 Å². The summed E-state index contributed by atoms with van der Waals surface area (Å²) in [5.41, 5.74) is 1.78. The van der Waals surface area contributed by atoms with Crippen LogP contribution < -0.4 is 14.4 Å². The molecule has 2 heterocycles. The molecule has 180 valence electrons. The second-order valence-electron chi connectivity index (χ2n) is 8.27. The molecule has 3 aromatic rings. The number of benzene rings is 2. The number of sulfonamides is 1. The highest BCUT2D eigenvalue weighted by Crippen LogP contribution is 2.32. The molecule has 0 unspecified atom stereocenters. The Kier molecular flexibility index (Phi) is 7.70. The van der Waals surface area contributed by atoms with E-state index >= 15 is 0 Å². The lowest BCUT2D eigenvalue weighted by Gasteiger charge is -2.29. The number of pyridine rings is 1. The number of nitrogens with one attached hydrogen (secondary N) is 1. The van der Waals surface area contributed by atoms with Crippen molar-refractivity contribution in [1.82, 2.24) is 9.88 Å². The van der Waals surface area contributed by atoms with Crippen LogP contribution in [0.4, 0.5) is 11.5 Å². The van der Waals surface area contributed by atoms with Crippen molar-refractivity contribution in [2.45, 2.75) is 30.7 Å². The Morgan fingerprint density at radius 3 is 2.38 bits per heavy atom. The number of para-hydroxylation sites is 2. The Morgan fingerprint density at radius 2 is 1.74 bits per heavy atom. The van der Waals surface area contributed by atoms with Crippen molar-refractivity contribution in [2.24, 2.45) is 0 Å². The average Bonchev–Trinajstić information content (AvgIpc) is 3.40. The van der Waals surface area contributed by atoms with Crippen molar-refractivity contribution < 1.29 is 13.2 Å². The van der Waals surface area contributed by atoms with Crippen molar-refractivity contribution >= 4 is 21.5 Å². The van der Waals surface area contributed by atoms with Crippen molar-refractivity contribution in [3.05, 3.63) is 78.5 Å². The third-order valence-electron chi connectivity index (χ3n) is 6.21. The third-order valence-corrected chi connectivity index (χ3v) is 8.10. The van der Waals surface area contributed by atoms with Gasteiger partial charge in [-0.2, -0.15) is 0 Å². The highest BCUT2D eigenvalue weighted by molar-refractivity contribution is 7.92. The normalized spacial score (nSPS) is 15.1. The van der Waals surface area contributed by atoms with E-state index < -0.39 is 10.0 Å². The molecule has 0 amide bonds. The smallest absolute Gasteiger partial charge is 0.265 e. The fourth-order valence-electron chi connectivity index (χ4n) is 4.48. The monoisotopic (exact) mass is 480 g/mol. The van der Waals surface area contributed by atoms with Crippen LogP contribution in [0.3, 0.4) is 0 Å². The van der Waals surface area contributed by atoms with Crippen LogP contribution in [0.2, 0.25) is 0 Å². The van der Waals surface area contributed by atoms with E-state index in [-0.39, 0.29) is 10.9 Å². The zero-order valence-electron chi connectivity index (χ0n) is 19.7. The molecule has 34 heavy (non-hydrogen) atoms. The summed E-state index contributed by atoms with van der Waals surface area (Å²) in [4.78, 5) is 7.06. The van der Waals surface area contributed by atoms with Gasteiger partial charge in [0.25, 0.3) is 10.0 Å². The van der Waals surface area contributed by atoms with E-state index in [2.05, 4.69) is 21.3 Å². The van der Waals surface area contributed by atoms with Gasteiger partial charge < -0.3 is 10.1 Å². The molecule has 4 rings (SSSR count). The quantitative estimate of drug-likeness (QED) is 0.459. The van der Waals surface area contributed by atoms with Crippen LogP contribution >= 0.6 is 0 Å². The summed E-state index contributed by atoms with van der Waals surface area (Å²) >= 11 is 0. The molecule has 1 aliphatic heterocycles. The molecule has 1 aliphatic rings. The van der Waals surface area contributed by atoms with E-state index in [0.717, 1.165) is 24.4 Å². The molecule has 0 radical (unpaired) electrons. The Balaban J connectivity index is 1.51. The number of methoxy groups -OCH3 is 1. The van der Waals surface area contributed by atoms with E-state index in [9.17, 15) is 8.42 Å². The lowest BCUT2D eigenvalue weighted by Crippen LogP contribution is -2.32. The molecular formula is C26H32N4O3S. The second kappa shape index (κ2) is 10.9. The highest BCUT2D eigenvalue weighted by Gasteiger charge is 2.26. The maximum atomic E-state index is 13.2. The lowest BCUT2D eigenvalue weighted by atomic mass is 10.0. The molecule has 8 heteroatoms. The fraction of sp³-hybridized carbons (Fsp3) is 0.346. The number of hydrogen-bond acceptors (Lipinski definition) is 6. The molecule has 1 fully saturated rings. The predicted molar refractivity (Wildman–Crippen MR) is 136 cm³/mol. The summed E-state index contributed by atoms with van der Waals surface area (Å²) in [6.07, 6.45) is 3.80. The number of hydrogen-bond donors (Lipinski definition) is 1. The molecular weight excluding hydrogens is 448 g/mol. The van der Waals surface area contributed by atoms with Crippen LogP contribution in [0, 0.1) is 0 Å². The molecule has 1 saturated heterocycles. The maximum absolute atomic E-state index is 13.2. The summed E-state index contributed by atoms with van der Waals surface area (Å²) in [6.45, 7) is 4.89. The van der Waals surface area contributed by atoms with Crippen molar-refractivity contribution in [1.29, 1.82) is 0 Å². The first-order valence-electron chi connectivity index (χ1n) is 11.7. The van der Waals surface area contributed by atoms with Crippen molar-refractivity contribution in [2.75, 3.05) is 42.9 Å². The second-order valence-corrected chi connectivity index (χ2v) is 10.1. The lowest BCUT2D eigenvalue weighted by molar-refractivity contribution is 0.249. The van der Waals surface area contributed by atoms with Gasteiger partial charge in [-0.25, -0.2) is 13.4 Å². The van der Waals surface area contributed by atoms with E-state index in [1.165, 1.54) is 23.3 Å². The summed E-state index contributed by atoms with van der Waals surface area (Å²) in [5.74, 6) is 1.51. The van der Waals surface area contributed by atoms with E-state index in [4.69, 9.17) is 4.74 Å². The Morgan fingerprint density at radius 1 is 1.03 bits per heavy atom. The zero-order valence-corrected chi connectivity index (χ0v) is 20.5. The minimum absolute atomic E-state index is 0.137. The van der Waals surface area contributed by atoms with Crippen LogP contribution in [-0.4, -0.2) is 51.6 Å². The van der Waals surface area contributed by atoms with Gasteiger partial charge in [0.15, 0.2) is 0 Å². The minimum atomic E-state index is -3.70. The van der Waals surface area contributed by atoms with E-state index in [1.807, 2.05) is 43.3 Å². The first-order valence-corrected chi connectivity index (χ1v) is 13.1. The van der Waals surface area contributed by atoms with Crippen LogP contribution in [0.25, 0.3) is 0 Å². The number of likely N-dealkylation sites (tertiary alicyclic amines) is 1. The van der Waals surface area contributed by atoms with Gasteiger partial charge in [-0.05, 0) is 63.2 Å². The molecule has 2 aromatic carbocycles. The van der Waals surface area contributed by atoms with Gasteiger partial charge in [0.1, 0.15) is 16.5 Å². The Bertz CT molecular complexity index is 1160. The largest absolute Gasteiger partial charge is 0.496 e. The topological polar surface area (TPSA) is 74.8 Å². The summed E-state index contributed by atoms with van der Waals surface area (Å²) in [7, 11) is -2.00. The number of ether oxygens (including phenoxy) is 1. The molecule has 0 spiro atoms. The zero-order chi connectivity index (χ0) is 24.0. The van der Waals surface area contributed by atoms with Gasteiger partial charge in [0, 0.05) is 24.8 Å². The Hall–Kier alpha value is -3.10.